The Hall–Kier alpha value is -3.09. The number of hydrogen-bond acceptors (Lipinski definition) is 7. The second kappa shape index (κ2) is 9.24. The van der Waals surface area contributed by atoms with E-state index in [1.807, 2.05) is 31.3 Å². The molecule has 0 unspecified atom stereocenters. The third-order valence-electron chi connectivity index (χ3n) is 8.62. The van der Waals surface area contributed by atoms with E-state index in [1.54, 1.807) is 0 Å². The Bertz CT molecular complexity index is 1320. The first-order valence-corrected chi connectivity index (χ1v) is 12.9. The number of benzene rings is 2. The molecule has 3 aliphatic carbocycles. The fraction of sp³-hybridized carbons (Fsp3) is 0.519. The lowest BCUT2D eigenvalue weighted by Crippen LogP contribution is -2.76. The Morgan fingerprint density at radius 1 is 1.13 bits per heavy atom. The summed E-state index contributed by atoms with van der Waals surface area (Å²) in [7, 11) is 2.03. The first-order chi connectivity index (χ1) is 18.6. The Balaban J connectivity index is 1.18. The largest absolute Gasteiger partial charge is 0.491 e. The maximum atomic E-state index is 16.3. The standard InChI is InChI=1S/C27H29F4N5O3/c1-35-8-9-38-21(11-35)12-39-20-5-2-18(3-6-20)24-13-25(14-24,15-24)27(30,31)26(37,16-36-17-32-33-34-36)22-7-4-19(28)10-23(22)29/h2-7,10,17,21,37H,8-9,11-16H2,1H3/t21-,24?,25?,26-/m1/s1. The lowest BCUT2D eigenvalue weighted by atomic mass is 9.30. The number of rotatable bonds is 9. The molecule has 2 bridgehead atoms. The number of morpholine rings is 1. The SMILES string of the molecule is CN1CCO[C@@H](COc2ccc(C34CC(C(F)(F)[C@@](O)(Cn5cnnn5)c5ccc(F)cc5F)(C3)C4)cc2)C1. The van der Waals surface area contributed by atoms with Gasteiger partial charge in [0.05, 0.1) is 13.2 Å². The van der Waals surface area contributed by atoms with Gasteiger partial charge in [0, 0.05) is 30.1 Å². The Labute approximate surface area is 222 Å². The van der Waals surface area contributed by atoms with Crippen LogP contribution in [0.4, 0.5) is 17.6 Å². The van der Waals surface area contributed by atoms with E-state index < -0.39 is 46.1 Å². The van der Waals surface area contributed by atoms with E-state index in [1.165, 1.54) is 0 Å². The van der Waals surface area contributed by atoms with Crippen LogP contribution in [0.3, 0.4) is 0 Å². The topological polar surface area (TPSA) is 85.5 Å². The predicted molar refractivity (Wildman–Crippen MR) is 130 cm³/mol. The van der Waals surface area contributed by atoms with E-state index in [2.05, 4.69) is 20.4 Å². The first kappa shape index (κ1) is 26.1. The van der Waals surface area contributed by atoms with Crippen molar-refractivity contribution in [2.45, 2.75) is 48.8 Å². The summed E-state index contributed by atoms with van der Waals surface area (Å²) >= 11 is 0. The van der Waals surface area contributed by atoms with Gasteiger partial charge in [-0.2, -0.15) is 0 Å². The average molecular weight is 548 g/mol. The molecule has 8 nitrogen and oxygen atoms in total. The monoisotopic (exact) mass is 547 g/mol. The predicted octanol–water partition coefficient (Wildman–Crippen LogP) is 3.31. The molecular weight excluding hydrogens is 518 g/mol. The zero-order valence-corrected chi connectivity index (χ0v) is 21.4. The zero-order chi connectivity index (χ0) is 27.5. The van der Waals surface area contributed by atoms with Crippen LogP contribution < -0.4 is 4.74 Å². The van der Waals surface area contributed by atoms with Gasteiger partial charge in [-0.05, 0) is 72.0 Å². The van der Waals surface area contributed by atoms with Gasteiger partial charge in [0.25, 0.3) is 5.92 Å². The van der Waals surface area contributed by atoms with E-state index in [9.17, 15) is 13.9 Å². The minimum Gasteiger partial charge on any atom is -0.491 e. The maximum absolute atomic E-state index is 16.3. The summed E-state index contributed by atoms with van der Waals surface area (Å²) in [5.74, 6) is -5.28. The van der Waals surface area contributed by atoms with Gasteiger partial charge >= 0.3 is 0 Å². The number of likely N-dealkylation sites (N-methyl/N-ethyl adjacent to an activating group) is 1. The summed E-state index contributed by atoms with van der Waals surface area (Å²) in [6, 6.07) is 9.63. The lowest BCUT2D eigenvalue weighted by molar-refractivity contribution is -0.347. The number of ether oxygens (including phenoxy) is 2. The molecule has 12 heteroatoms. The number of aliphatic hydroxyl groups is 1. The minimum atomic E-state index is -3.76. The second-order valence-corrected chi connectivity index (χ2v) is 11.2. The van der Waals surface area contributed by atoms with Gasteiger partial charge in [-0.25, -0.2) is 22.2 Å². The van der Waals surface area contributed by atoms with Crippen molar-refractivity contribution in [3.8, 4) is 5.75 Å². The van der Waals surface area contributed by atoms with E-state index in [0.29, 0.717) is 25.0 Å². The van der Waals surface area contributed by atoms with Crippen LogP contribution in [0, 0.1) is 17.0 Å². The van der Waals surface area contributed by atoms with Crippen molar-refractivity contribution >= 4 is 0 Å². The molecule has 2 atom stereocenters. The van der Waals surface area contributed by atoms with Gasteiger partial charge in [-0.15, -0.1) is 5.10 Å². The number of aromatic nitrogens is 4. The van der Waals surface area contributed by atoms with E-state index in [-0.39, 0.29) is 25.4 Å². The van der Waals surface area contributed by atoms with Crippen molar-refractivity contribution in [2.75, 3.05) is 33.4 Å². The van der Waals surface area contributed by atoms with E-state index in [4.69, 9.17) is 9.47 Å². The Morgan fingerprint density at radius 3 is 2.51 bits per heavy atom. The van der Waals surface area contributed by atoms with Crippen LogP contribution in [0.15, 0.2) is 48.8 Å². The molecule has 1 N–H and O–H groups in total. The number of halogens is 4. The van der Waals surface area contributed by atoms with Crippen molar-refractivity contribution in [1.82, 2.24) is 25.1 Å². The highest BCUT2D eigenvalue weighted by molar-refractivity contribution is 5.44. The van der Waals surface area contributed by atoms with Crippen LogP contribution in [0.2, 0.25) is 0 Å². The highest BCUT2D eigenvalue weighted by atomic mass is 19.3. The molecule has 1 aliphatic heterocycles. The zero-order valence-electron chi connectivity index (χ0n) is 21.4. The number of nitrogens with zero attached hydrogens (tertiary/aromatic N) is 5. The molecule has 3 saturated carbocycles. The lowest BCUT2D eigenvalue weighted by Gasteiger charge is -2.74. The Kier molecular flexibility index (Phi) is 6.20. The summed E-state index contributed by atoms with van der Waals surface area (Å²) < 4.78 is 73.5. The van der Waals surface area contributed by atoms with Crippen molar-refractivity contribution in [3.63, 3.8) is 0 Å². The van der Waals surface area contributed by atoms with Gasteiger partial charge in [0.15, 0.2) is 5.60 Å². The smallest absolute Gasteiger partial charge is 0.287 e. The molecule has 39 heavy (non-hydrogen) atoms. The van der Waals surface area contributed by atoms with Crippen molar-refractivity contribution in [1.29, 1.82) is 0 Å². The van der Waals surface area contributed by atoms with Crippen LogP contribution in [0.25, 0.3) is 0 Å². The number of hydrogen-bond donors (Lipinski definition) is 1. The molecule has 0 spiro atoms. The molecule has 1 saturated heterocycles. The molecule has 2 aromatic carbocycles. The van der Waals surface area contributed by atoms with Crippen LogP contribution in [0.5, 0.6) is 5.75 Å². The van der Waals surface area contributed by atoms with Gasteiger partial charge in [0.1, 0.15) is 36.4 Å². The van der Waals surface area contributed by atoms with Crippen LogP contribution >= 0.6 is 0 Å². The molecule has 4 fully saturated rings. The molecule has 0 radical (unpaired) electrons. The van der Waals surface area contributed by atoms with Crippen molar-refractivity contribution in [3.05, 3.63) is 71.6 Å². The third kappa shape index (κ3) is 4.20. The summed E-state index contributed by atoms with van der Waals surface area (Å²) in [6.07, 6.45) is 1.41. The fourth-order valence-corrected chi connectivity index (χ4v) is 6.59. The summed E-state index contributed by atoms with van der Waals surface area (Å²) in [6.45, 7) is 1.97. The number of tetrazole rings is 1. The van der Waals surface area contributed by atoms with Crippen molar-refractivity contribution < 1.29 is 32.1 Å². The normalized spacial score (nSPS) is 28.3. The van der Waals surface area contributed by atoms with Gasteiger partial charge in [0.2, 0.25) is 0 Å². The summed E-state index contributed by atoms with van der Waals surface area (Å²) in [4.78, 5) is 2.18. The van der Waals surface area contributed by atoms with Crippen molar-refractivity contribution in [2.24, 2.45) is 5.41 Å². The van der Waals surface area contributed by atoms with Crippen LogP contribution in [-0.4, -0.2) is 75.6 Å². The highest BCUT2D eigenvalue weighted by Gasteiger charge is 2.82. The minimum absolute atomic E-state index is 0.0128. The Morgan fingerprint density at radius 2 is 1.87 bits per heavy atom. The third-order valence-corrected chi connectivity index (χ3v) is 8.62. The second-order valence-electron chi connectivity index (χ2n) is 11.2. The number of alkyl halides is 2. The first-order valence-electron chi connectivity index (χ1n) is 12.9. The van der Waals surface area contributed by atoms with E-state index in [0.717, 1.165) is 41.8 Å². The summed E-state index contributed by atoms with van der Waals surface area (Å²) in [5.41, 5.74) is -4.78. The molecule has 0 amide bonds. The van der Waals surface area contributed by atoms with Gasteiger partial charge < -0.3 is 19.5 Å². The van der Waals surface area contributed by atoms with Gasteiger partial charge in [-0.1, -0.05) is 12.1 Å². The molecule has 7 rings (SSSR count). The molecule has 4 aliphatic rings. The van der Waals surface area contributed by atoms with Crippen LogP contribution in [-0.2, 0) is 22.3 Å². The molecule has 2 heterocycles. The summed E-state index contributed by atoms with van der Waals surface area (Å²) in [5, 5.41) is 21.9. The molecule has 3 aromatic rings. The fourth-order valence-electron chi connectivity index (χ4n) is 6.59. The molecule has 1 aromatic heterocycles. The molecule has 208 valence electrons. The highest BCUT2D eigenvalue weighted by Crippen LogP contribution is 2.80. The van der Waals surface area contributed by atoms with Gasteiger partial charge in [-0.3, -0.25) is 0 Å². The van der Waals surface area contributed by atoms with E-state index >= 15 is 8.78 Å². The molecular formula is C27H29F4N5O3. The average Bonchev–Trinajstić information content (AvgIpc) is 3.34. The quantitative estimate of drug-likeness (QED) is 0.412. The maximum Gasteiger partial charge on any atom is 0.287 e. The van der Waals surface area contributed by atoms with Crippen LogP contribution in [0.1, 0.15) is 30.4 Å².